The van der Waals surface area contributed by atoms with Crippen LogP contribution in [0.25, 0.3) is 42.1 Å². The largest absolute Gasteiger partial charge is 0.454 e. The minimum atomic E-state index is -0.206. The number of hydrogen-bond donors (Lipinski definition) is 0. The van der Waals surface area contributed by atoms with E-state index in [9.17, 15) is 0 Å². The van der Waals surface area contributed by atoms with Crippen molar-refractivity contribution in [2.24, 2.45) is 0 Å². The Kier molecular flexibility index (Phi) is 11.0. The molecule has 0 saturated heterocycles. The minimum absolute atomic E-state index is 0.0104. The molecule has 2 fully saturated rings. The Morgan fingerprint density at radius 2 is 1.05 bits per heavy atom. The summed E-state index contributed by atoms with van der Waals surface area (Å²) in [5, 5.41) is 4.89. The van der Waals surface area contributed by atoms with Crippen LogP contribution in [0, 0.1) is 13.8 Å². The lowest BCUT2D eigenvalue weighted by molar-refractivity contribution is 0.194. The molecule has 4 unspecified atom stereocenters. The Labute approximate surface area is 518 Å². The summed E-state index contributed by atoms with van der Waals surface area (Å²) in [6, 6.07) is 64.7. The first kappa shape index (κ1) is 53.5. The fraction of sp³-hybridized carbons (Fsp3) is 0.325. The van der Waals surface area contributed by atoms with Gasteiger partial charge in [0.1, 0.15) is 5.58 Å². The molecular weight excluding hydrogens is 1080 g/mol. The molecule has 0 bridgehead atoms. The third-order valence-corrected chi connectivity index (χ3v) is 24.3. The zero-order chi connectivity index (χ0) is 59.6. The molecule has 5 nitrogen and oxygen atoms in total. The summed E-state index contributed by atoms with van der Waals surface area (Å²) in [6.45, 7) is 29.2. The number of furan rings is 1. The number of hydrogen-bond acceptors (Lipinski definition) is 6. The van der Waals surface area contributed by atoms with Crippen LogP contribution in [0.15, 0.2) is 168 Å². The first-order valence-corrected chi connectivity index (χ1v) is 33.3. The fourth-order valence-corrected chi connectivity index (χ4v) is 19.5. The van der Waals surface area contributed by atoms with Gasteiger partial charge in [0.05, 0.1) is 16.8 Å². The van der Waals surface area contributed by atoms with E-state index in [1.54, 1.807) is 0 Å². The average Bonchev–Trinajstić information content (AvgIpc) is 1.70. The second kappa shape index (κ2) is 18.0. The second-order valence-electron chi connectivity index (χ2n) is 30.1. The van der Waals surface area contributed by atoms with Gasteiger partial charge in [-0.05, 0) is 187 Å². The van der Waals surface area contributed by atoms with Crippen molar-refractivity contribution in [2.75, 3.05) is 19.6 Å². The fourth-order valence-electron chi connectivity index (χ4n) is 18.4. The number of benzene rings is 9. The van der Waals surface area contributed by atoms with E-state index >= 15 is 0 Å². The van der Waals surface area contributed by atoms with Gasteiger partial charge in [0, 0.05) is 93.0 Å². The van der Waals surface area contributed by atoms with E-state index in [1.807, 2.05) is 11.3 Å². The predicted molar refractivity (Wildman–Crippen MR) is 373 cm³/mol. The Morgan fingerprint density at radius 3 is 1.82 bits per heavy atom. The topological polar surface area (TPSA) is 26.1 Å². The Morgan fingerprint density at radius 1 is 0.448 bits per heavy atom. The lowest BCUT2D eigenvalue weighted by Crippen LogP contribution is -2.61. The van der Waals surface area contributed by atoms with Gasteiger partial charge in [-0.15, -0.1) is 11.3 Å². The van der Waals surface area contributed by atoms with Crippen molar-refractivity contribution in [3.8, 4) is 0 Å². The third-order valence-electron chi connectivity index (χ3n) is 23.2. The lowest BCUT2D eigenvalue weighted by Gasteiger charge is -2.51. The van der Waals surface area contributed by atoms with Crippen molar-refractivity contribution in [3.63, 3.8) is 0 Å². The molecule has 0 spiro atoms. The van der Waals surface area contributed by atoms with E-state index in [0.29, 0.717) is 0 Å². The highest BCUT2D eigenvalue weighted by Crippen LogP contribution is 2.65. The molecule has 2 saturated carbocycles. The van der Waals surface area contributed by atoms with Crippen LogP contribution in [0.3, 0.4) is 0 Å². The summed E-state index contributed by atoms with van der Waals surface area (Å²) < 4.78 is 9.89. The highest BCUT2D eigenvalue weighted by atomic mass is 32.1. The molecule has 0 N–H and O–H groups in total. The minimum Gasteiger partial charge on any atom is -0.454 e. The molecule has 4 aliphatic heterocycles. The van der Waals surface area contributed by atoms with E-state index in [1.165, 1.54) is 153 Å². The second-order valence-corrected chi connectivity index (χ2v) is 31.1. The molecule has 2 aromatic heterocycles. The summed E-state index contributed by atoms with van der Waals surface area (Å²) >= 11 is 1.91. The van der Waals surface area contributed by atoms with Crippen LogP contribution in [-0.4, -0.2) is 17.8 Å². The number of thiophene rings is 1. The smallest absolute Gasteiger partial charge is 0.252 e. The van der Waals surface area contributed by atoms with Crippen molar-refractivity contribution < 1.29 is 4.42 Å². The number of para-hydroxylation sites is 2. The van der Waals surface area contributed by atoms with Crippen molar-refractivity contribution >= 4 is 133 Å². The van der Waals surface area contributed by atoms with Gasteiger partial charge in [-0.2, -0.15) is 0 Å². The molecular formula is C80H79BN4OS. The third kappa shape index (κ3) is 7.15. The Balaban J connectivity index is 1.01. The molecule has 434 valence electrons. The van der Waals surface area contributed by atoms with Gasteiger partial charge in [0.2, 0.25) is 0 Å². The van der Waals surface area contributed by atoms with Crippen molar-refractivity contribution in [1.29, 1.82) is 0 Å². The highest BCUT2D eigenvalue weighted by molar-refractivity contribution is 7.25. The summed E-state index contributed by atoms with van der Waals surface area (Å²) in [7, 11) is 0. The number of rotatable bonds is 4. The molecule has 9 aromatic carbocycles. The summed E-state index contributed by atoms with van der Waals surface area (Å²) in [6.07, 6.45) is 9.45. The monoisotopic (exact) mass is 1150 g/mol. The quantitative estimate of drug-likeness (QED) is 0.164. The van der Waals surface area contributed by atoms with Gasteiger partial charge < -0.3 is 24.0 Å². The number of nitrogens with zero attached hydrogens (tertiary/aromatic N) is 4. The Hall–Kier alpha value is -7.74. The summed E-state index contributed by atoms with van der Waals surface area (Å²) in [4.78, 5) is 11.0. The number of anilines is 10. The van der Waals surface area contributed by atoms with Crippen LogP contribution in [-0.2, 0) is 21.7 Å². The molecule has 7 heteroatoms. The molecule has 87 heavy (non-hydrogen) atoms. The summed E-state index contributed by atoms with van der Waals surface area (Å²) in [5.41, 5.74) is 26.1. The SMILES string of the molecule is Cc1cc(C)c2c(c1)N(c1ccc3c(c1)N(c1cccc4c1oc1ccccc14)c1cc(N4c5ccc(C(C)(C)C)cc5C5(C)CCCCC45C)cc4c1B3c1ccc(C(C)(C)C)cc1N4c1ccc3c(c1)sc1ccccc13)C1(C)CCCCC21C. The van der Waals surface area contributed by atoms with E-state index in [-0.39, 0.29) is 39.5 Å². The van der Waals surface area contributed by atoms with Crippen molar-refractivity contribution in [3.05, 3.63) is 197 Å². The highest BCUT2D eigenvalue weighted by Gasteiger charge is 2.60. The van der Waals surface area contributed by atoms with Crippen LogP contribution in [0.1, 0.15) is 154 Å². The number of aryl methyl sites for hydroxylation is 2. The maximum Gasteiger partial charge on any atom is 0.252 e. The molecule has 6 aliphatic rings. The van der Waals surface area contributed by atoms with Crippen LogP contribution in [0.2, 0.25) is 0 Å². The first-order valence-electron chi connectivity index (χ1n) is 32.4. The number of fused-ring (bicyclic) bond motifs is 16. The molecule has 11 aromatic rings. The van der Waals surface area contributed by atoms with Gasteiger partial charge in [0.15, 0.2) is 5.58 Å². The van der Waals surface area contributed by atoms with Crippen molar-refractivity contribution in [1.82, 2.24) is 0 Å². The van der Waals surface area contributed by atoms with Crippen LogP contribution >= 0.6 is 11.3 Å². The zero-order valence-corrected chi connectivity index (χ0v) is 53.7. The molecule has 4 atom stereocenters. The molecule has 0 radical (unpaired) electrons. The van der Waals surface area contributed by atoms with Crippen LogP contribution < -0.4 is 36.0 Å². The molecule has 0 amide bonds. The van der Waals surface area contributed by atoms with Crippen LogP contribution in [0.5, 0.6) is 0 Å². The van der Waals surface area contributed by atoms with Gasteiger partial charge >= 0.3 is 0 Å². The standard InChI is InChI=1S/C80H79BN4OS/c1-48-40-49(2)72-66(41-48)84(80(12)39-20-18-37-78(72,80)10)53-31-34-61-65(44-53)83(63-25-21-24-58-55-22-13-15-26-69(55)86-74(58)63)68-46-54(85-62-35-29-50(75(3,4)5)42-59(62)77(9)36-17-19-38-79(77,85)11)45-67-73(68)81(61)60-33-28-51(76(6,7)8)43-64(60)82(67)52-30-32-57-56-23-14-16-27-70(56)87-71(57)47-52/h13-16,21-35,40-47H,17-20,36-39H2,1-12H3. The average molecular weight is 1160 g/mol. The molecule has 6 heterocycles. The van der Waals surface area contributed by atoms with Gasteiger partial charge in [-0.25, -0.2) is 0 Å². The first-order chi connectivity index (χ1) is 41.7. The summed E-state index contributed by atoms with van der Waals surface area (Å²) in [5.74, 6) is 0. The van der Waals surface area contributed by atoms with E-state index in [2.05, 4.69) is 266 Å². The van der Waals surface area contributed by atoms with Gasteiger partial charge in [-0.3, -0.25) is 0 Å². The van der Waals surface area contributed by atoms with E-state index < -0.39 is 0 Å². The van der Waals surface area contributed by atoms with Gasteiger partial charge in [0.25, 0.3) is 6.71 Å². The predicted octanol–water partition coefficient (Wildman–Crippen LogP) is 20.7. The maximum absolute atomic E-state index is 7.27. The molecule has 17 rings (SSSR count). The zero-order valence-electron chi connectivity index (χ0n) is 52.9. The van der Waals surface area contributed by atoms with Crippen molar-refractivity contribution in [2.45, 2.75) is 167 Å². The Bertz CT molecular complexity index is 4780. The van der Waals surface area contributed by atoms with Crippen LogP contribution in [0.4, 0.5) is 56.9 Å². The van der Waals surface area contributed by atoms with Gasteiger partial charge in [-0.1, -0.05) is 172 Å². The maximum atomic E-state index is 7.27. The normalized spacial score (nSPS) is 22.9. The van der Waals surface area contributed by atoms with E-state index in [4.69, 9.17) is 4.42 Å². The molecule has 2 aliphatic carbocycles. The lowest BCUT2D eigenvalue weighted by atomic mass is 9.33. The van der Waals surface area contributed by atoms with E-state index in [0.717, 1.165) is 46.9 Å².